The van der Waals surface area contributed by atoms with Gasteiger partial charge in [-0.1, -0.05) is 12.1 Å². The van der Waals surface area contributed by atoms with E-state index >= 15 is 0 Å². The van der Waals surface area contributed by atoms with E-state index in [0.717, 1.165) is 12.1 Å². The van der Waals surface area contributed by atoms with Crippen molar-refractivity contribution >= 4 is 0 Å². The Labute approximate surface area is 84.3 Å². The highest BCUT2D eigenvalue weighted by atomic mass is 16.5. The molecule has 3 nitrogen and oxygen atoms in total. The second-order valence-corrected chi connectivity index (χ2v) is 3.02. The Morgan fingerprint density at radius 1 is 1.50 bits per heavy atom. The smallest absolute Gasteiger partial charge is 0.140 e. The van der Waals surface area contributed by atoms with Crippen LogP contribution in [0, 0.1) is 18.3 Å². The summed E-state index contributed by atoms with van der Waals surface area (Å²) in [5.74, 6) is 0.699. The van der Waals surface area contributed by atoms with Crippen molar-refractivity contribution in [3.8, 4) is 11.8 Å². The molecule has 0 spiro atoms. The molecular formula is C11H14N2O. The number of likely N-dealkylation sites (N-methyl/N-ethyl adjacent to an activating group) is 1. The van der Waals surface area contributed by atoms with E-state index < -0.39 is 0 Å². The molecule has 3 heteroatoms. The Balaban J connectivity index is 2.78. The Morgan fingerprint density at radius 2 is 2.29 bits per heavy atom. The minimum Gasteiger partial charge on any atom is -0.491 e. The molecule has 0 fully saturated rings. The van der Waals surface area contributed by atoms with Crippen LogP contribution in [0.1, 0.15) is 11.1 Å². The van der Waals surface area contributed by atoms with Crippen LogP contribution in [0.3, 0.4) is 0 Å². The third kappa shape index (κ3) is 2.48. The number of aryl methyl sites for hydroxylation is 1. The SMILES string of the molecule is CNCCOc1c(C)cccc1C#N. The zero-order valence-corrected chi connectivity index (χ0v) is 8.50. The molecule has 0 aromatic heterocycles. The van der Waals surface area contributed by atoms with Gasteiger partial charge in [0, 0.05) is 6.54 Å². The number of benzene rings is 1. The summed E-state index contributed by atoms with van der Waals surface area (Å²) in [5.41, 5.74) is 1.60. The molecule has 0 radical (unpaired) electrons. The van der Waals surface area contributed by atoms with Crippen LogP contribution in [-0.4, -0.2) is 20.2 Å². The summed E-state index contributed by atoms with van der Waals surface area (Å²) < 4.78 is 5.51. The summed E-state index contributed by atoms with van der Waals surface area (Å²) in [6.45, 7) is 3.30. The first-order valence-corrected chi connectivity index (χ1v) is 4.56. The second kappa shape index (κ2) is 5.25. The fourth-order valence-electron chi connectivity index (χ4n) is 1.19. The number of nitrogens with one attached hydrogen (secondary N) is 1. The zero-order chi connectivity index (χ0) is 10.4. The third-order valence-corrected chi connectivity index (χ3v) is 1.93. The first-order valence-electron chi connectivity index (χ1n) is 4.56. The minimum absolute atomic E-state index is 0.579. The van der Waals surface area contributed by atoms with Crippen molar-refractivity contribution in [3.63, 3.8) is 0 Å². The maximum Gasteiger partial charge on any atom is 0.140 e. The average molecular weight is 190 g/mol. The van der Waals surface area contributed by atoms with Crippen LogP contribution in [-0.2, 0) is 0 Å². The summed E-state index contributed by atoms with van der Waals surface area (Å²) in [4.78, 5) is 0. The van der Waals surface area contributed by atoms with E-state index in [9.17, 15) is 0 Å². The first kappa shape index (κ1) is 10.6. The maximum absolute atomic E-state index is 8.85. The molecule has 0 saturated carbocycles. The van der Waals surface area contributed by atoms with Crippen molar-refractivity contribution in [3.05, 3.63) is 29.3 Å². The Kier molecular flexibility index (Phi) is 3.96. The van der Waals surface area contributed by atoms with E-state index in [1.165, 1.54) is 0 Å². The molecule has 0 heterocycles. The van der Waals surface area contributed by atoms with E-state index in [-0.39, 0.29) is 0 Å². The third-order valence-electron chi connectivity index (χ3n) is 1.93. The van der Waals surface area contributed by atoms with Gasteiger partial charge in [-0.25, -0.2) is 0 Å². The van der Waals surface area contributed by atoms with Crippen molar-refractivity contribution in [2.75, 3.05) is 20.2 Å². The lowest BCUT2D eigenvalue weighted by Gasteiger charge is -2.09. The molecule has 0 aliphatic rings. The van der Waals surface area contributed by atoms with Crippen molar-refractivity contribution in [1.82, 2.24) is 5.32 Å². The van der Waals surface area contributed by atoms with Crippen LogP contribution in [0.15, 0.2) is 18.2 Å². The quantitative estimate of drug-likeness (QED) is 0.731. The lowest BCUT2D eigenvalue weighted by molar-refractivity contribution is 0.315. The van der Waals surface area contributed by atoms with Crippen molar-refractivity contribution < 1.29 is 4.74 Å². The Morgan fingerprint density at radius 3 is 2.93 bits per heavy atom. The average Bonchev–Trinajstić information content (AvgIpc) is 2.20. The largest absolute Gasteiger partial charge is 0.491 e. The predicted molar refractivity (Wildman–Crippen MR) is 55.3 cm³/mol. The molecule has 1 rings (SSSR count). The number of nitriles is 1. The number of nitrogens with zero attached hydrogens (tertiary/aromatic N) is 1. The first-order chi connectivity index (χ1) is 6.79. The summed E-state index contributed by atoms with van der Waals surface area (Å²) in [5, 5.41) is 11.8. The molecule has 74 valence electrons. The van der Waals surface area contributed by atoms with Crippen LogP contribution in [0.4, 0.5) is 0 Å². The fourth-order valence-corrected chi connectivity index (χ4v) is 1.19. The fraction of sp³-hybridized carbons (Fsp3) is 0.364. The highest BCUT2D eigenvalue weighted by molar-refractivity contribution is 5.47. The highest BCUT2D eigenvalue weighted by Gasteiger charge is 2.05. The van der Waals surface area contributed by atoms with Crippen molar-refractivity contribution in [1.29, 1.82) is 5.26 Å². The predicted octanol–water partition coefficient (Wildman–Crippen LogP) is 1.46. The Hall–Kier alpha value is -1.53. The van der Waals surface area contributed by atoms with Crippen LogP contribution in [0.2, 0.25) is 0 Å². The lowest BCUT2D eigenvalue weighted by atomic mass is 10.1. The molecule has 14 heavy (non-hydrogen) atoms. The van der Waals surface area contributed by atoms with Gasteiger partial charge in [-0.05, 0) is 25.6 Å². The standard InChI is InChI=1S/C11H14N2O/c1-9-4-3-5-10(8-12)11(9)14-7-6-13-2/h3-5,13H,6-7H2,1-2H3. The molecule has 0 atom stereocenters. The summed E-state index contributed by atoms with van der Waals surface area (Å²) >= 11 is 0. The van der Waals surface area contributed by atoms with Crippen molar-refractivity contribution in [2.45, 2.75) is 6.92 Å². The molecule has 1 aromatic rings. The summed E-state index contributed by atoms with van der Waals surface area (Å²) in [6.07, 6.45) is 0. The normalized spacial score (nSPS) is 9.50. The molecule has 0 amide bonds. The van der Waals surface area contributed by atoms with Crippen molar-refractivity contribution in [2.24, 2.45) is 0 Å². The molecule has 0 aliphatic heterocycles. The minimum atomic E-state index is 0.579. The van der Waals surface area contributed by atoms with Gasteiger partial charge in [0.1, 0.15) is 18.4 Å². The number of ether oxygens (including phenoxy) is 1. The second-order valence-electron chi connectivity index (χ2n) is 3.02. The number of rotatable bonds is 4. The van der Waals surface area contributed by atoms with Crippen LogP contribution in [0.25, 0.3) is 0 Å². The van der Waals surface area contributed by atoms with Crippen LogP contribution in [0.5, 0.6) is 5.75 Å². The van der Waals surface area contributed by atoms with E-state index in [1.54, 1.807) is 6.07 Å². The van der Waals surface area contributed by atoms with Gasteiger partial charge in [-0.3, -0.25) is 0 Å². The molecule has 0 aliphatic carbocycles. The maximum atomic E-state index is 8.85. The lowest BCUT2D eigenvalue weighted by Crippen LogP contribution is -2.16. The van der Waals surface area contributed by atoms with E-state index in [1.807, 2.05) is 26.1 Å². The van der Waals surface area contributed by atoms with Gasteiger partial charge in [0.05, 0.1) is 5.56 Å². The van der Waals surface area contributed by atoms with E-state index in [4.69, 9.17) is 10.00 Å². The van der Waals surface area contributed by atoms with Gasteiger partial charge in [-0.2, -0.15) is 5.26 Å². The van der Waals surface area contributed by atoms with Gasteiger partial charge in [0.15, 0.2) is 0 Å². The molecule has 1 aromatic carbocycles. The van der Waals surface area contributed by atoms with Crippen LogP contribution < -0.4 is 10.1 Å². The number of hydrogen-bond acceptors (Lipinski definition) is 3. The molecular weight excluding hydrogens is 176 g/mol. The van der Waals surface area contributed by atoms with Gasteiger partial charge in [0.25, 0.3) is 0 Å². The van der Waals surface area contributed by atoms with E-state index in [0.29, 0.717) is 17.9 Å². The molecule has 0 bridgehead atoms. The molecule has 1 N–H and O–H groups in total. The van der Waals surface area contributed by atoms with E-state index in [2.05, 4.69) is 11.4 Å². The van der Waals surface area contributed by atoms with Gasteiger partial charge >= 0.3 is 0 Å². The number of hydrogen-bond donors (Lipinski definition) is 1. The molecule has 0 saturated heterocycles. The Bertz CT molecular complexity index is 342. The van der Waals surface area contributed by atoms with Gasteiger partial charge in [-0.15, -0.1) is 0 Å². The molecule has 0 unspecified atom stereocenters. The zero-order valence-electron chi connectivity index (χ0n) is 8.50. The van der Waals surface area contributed by atoms with Gasteiger partial charge < -0.3 is 10.1 Å². The topological polar surface area (TPSA) is 45.0 Å². The monoisotopic (exact) mass is 190 g/mol. The summed E-state index contributed by atoms with van der Waals surface area (Å²) in [7, 11) is 1.87. The summed E-state index contributed by atoms with van der Waals surface area (Å²) in [6, 6.07) is 7.68. The highest BCUT2D eigenvalue weighted by Crippen LogP contribution is 2.22. The van der Waals surface area contributed by atoms with Crippen LogP contribution >= 0.6 is 0 Å². The van der Waals surface area contributed by atoms with Gasteiger partial charge in [0.2, 0.25) is 0 Å². The number of para-hydroxylation sites is 1.